The summed E-state index contributed by atoms with van der Waals surface area (Å²) in [6.07, 6.45) is 4.60. The molecule has 130 valence electrons. The van der Waals surface area contributed by atoms with Crippen LogP contribution in [0.1, 0.15) is 21.6 Å². The number of hydrogen-bond donors (Lipinski definition) is 1. The lowest BCUT2D eigenvalue weighted by molar-refractivity contribution is 0.0950. The van der Waals surface area contributed by atoms with Gasteiger partial charge >= 0.3 is 0 Å². The largest absolute Gasteiger partial charge is 0.497 e. The zero-order valence-electron chi connectivity index (χ0n) is 14.5. The summed E-state index contributed by atoms with van der Waals surface area (Å²) < 4.78 is 5.14. The summed E-state index contributed by atoms with van der Waals surface area (Å²) in [5.74, 6) is 0.331. The second-order valence-electron chi connectivity index (χ2n) is 5.63. The van der Waals surface area contributed by atoms with E-state index in [2.05, 4.69) is 20.5 Å². The van der Waals surface area contributed by atoms with Crippen molar-refractivity contribution in [3.05, 3.63) is 77.7 Å². The van der Waals surface area contributed by atoms with Gasteiger partial charge in [0.2, 0.25) is 0 Å². The van der Waals surface area contributed by atoms with Gasteiger partial charge < -0.3 is 4.74 Å². The zero-order valence-corrected chi connectivity index (χ0v) is 14.5. The normalized spacial score (nSPS) is 10.7. The molecule has 6 heteroatoms. The molecule has 1 N–H and O–H groups in total. The summed E-state index contributed by atoms with van der Waals surface area (Å²) in [5, 5.41) is 3.98. The van der Waals surface area contributed by atoms with Crippen molar-refractivity contribution >= 4 is 12.1 Å². The Kier molecular flexibility index (Phi) is 5.34. The number of amides is 1. The van der Waals surface area contributed by atoms with Crippen molar-refractivity contribution in [3.63, 3.8) is 0 Å². The average molecular weight is 346 g/mol. The minimum atomic E-state index is -0.420. The molecule has 0 spiro atoms. The van der Waals surface area contributed by atoms with E-state index >= 15 is 0 Å². The van der Waals surface area contributed by atoms with Crippen LogP contribution in [0, 0.1) is 6.92 Å². The molecule has 0 fully saturated rings. The monoisotopic (exact) mass is 346 g/mol. The molecule has 0 radical (unpaired) electrons. The number of aromatic nitrogens is 2. The summed E-state index contributed by atoms with van der Waals surface area (Å²) in [7, 11) is 1.61. The minimum absolute atomic E-state index is 0.194. The molecular formula is C20H18N4O2. The molecule has 1 aromatic heterocycles. The Morgan fingerprint density at radius 2 is 1.96 bits per heavy atom. The first-order chi connectivity index (χ1) is 12.7. The number of aryl methyl sites for hydroxylation is 1. The number of carbonyl (C=O) groups is 1. The molecule has 2 aromatic carbocycles. The van der Waals surface area contributed by atoms with E-state index < -0.39 is 5.91 Å². The van der Waals surface area contributed by atoms with Gasteiger partial charge in [-0.05, 0) is 36.8 Å². The molecule has 0 aliphatic carbocycles. The molecule has 0 bridgehead atoms. The van der Waals surface area contributed by atoms with Gasteiger partial charge in [0.1, 0.15) is 11.4 Å². The number of benzene rings is 2. The molecule has 0 aliphatic rings. The van der Waals surface area contributed by atoms with Crippen LogP contribution in [0.4, 0.5) is 0 Å². The smallest absolute Gasteiger partial charge is 0.291 e. The summed E-state index contributed by atoms with van der Waals surface area (Å²) in [4.78, 5) is 20.7. The maximum Gasteiger partial charge on any atom is 0.291 e. The van der Waals surface area contributed by atoms with Crippen LogP contribution in [0.25, 0.3) is 11.3 Å². The first-order valence-electron chi connectivity index (χ1n) is 8.02. The van der Waals surface area contributed by atoms with Gasteiger partial charge in [-0.1, -0.05) is 29.8 Å². The number of methoxy groups -OCH3 is 1. The average Bonchev–Trinajstić information content (AvgIpc) is 2.68. The van der Waals surface area contributed by atoms with Gasteiger partial charge in [0, 0.05) is 5.56 Å². The van der Waals surface area contributed by atoms with Crippen molar-refractivity contribution in [1.29, 1.82) is 0 Å². The fraction of sp³-hybridized carbons (Fsp3) is 0.100. The Bertz CT molecular complexity index is 937. The van der Waals surface area contributed by atoms with E-state index in [4.69, 9.17) is 4.74 Å². The van der Waals surface area contributed by atoms with E-state index in [1.165, 1.54) is 6.20 Å². The van der Waals surface area contributed by atoms with Gasteiger partial charge in [0.25, 0.3) is 5.91 Å². The molecule has 0 atom stereocenters. The Morgan fingerprint density at radius 1 is 1.15 bits per heavy atom. The number of nitrogens with zero attached hydrogens (tertiary/aromatic N) is 3. The third-order valence-corrected chi connectivity index (χ3v) is 3.67. The van der Waals surface area contributed by atoms with Crippen LogP contribution in [-0.2, 0) is 0 Å². The van der Waals surface area contributed by atoms with Gasteiger partial charge in [-0.25, -0.2) is 10.4 Å². The lowest BCUT2D eigenvalue weighted by Crippen LogP contribution is -2.19. The predicted octanol–water partition coefficient (Wildman–Crippen LogP) is 3.22. The van der Waals surface area contributed by atoms with Crippen LogP contribution in [0.3, 0.4) is 0 Å². The van der Waals surface area contributed by atoms with Crippen molar-refractivity contribution in [1.82, 2.24) is 15.4 Å². The molecule has 0 unspecified atom stereocenters. The topological polar surface area (TPSA) is 76.5 Å². The van der Waals surface area contributed by atoms with E-state index in [0.717, 1.165) is 22.4 Å². The first-order valence-corrected chi connectivity index (χ1v) is 8.02. The quantitative estimate of drug-likeness (QED) is 0.568. The van der Waals surface area contributed by atoms with Crippen molar-refractivity contribution < 1.29 is 9.53 Å². The molecule has 0 saturated carbocycles. The van der Waals surface area contributed by atoms with Crippen LogP contribution in [0.15, 0.2) is 66.0 Å². The third kappa shape index (κ3) is 4.30. The summed E-state index contributed by atoms with van der Waals surface area (Å²) in [5.41, 5.74) is 6.14. The second-order valence-corrected chi connectivity index (χ2v) is 5.63. The van der Waals surface area contributed by atoms with Crippen LogP contribution in [0.2, 0.25) is 0 Å². The predicted molar refractivity (Wildman–Crippen MR) is 100 cm³/mol. The van der Waals surface area contributed by atoms with Crippen LogP contribution in [0.5, 0.6) is 5.75 Å². The van der Waals surface area contributed by atoms with E-state index in [0.29, 0.717) is 5.69 Å². The number of hydrazone groups is 1. The molecule has 26 heavy (non-hydrogen) atoms. The molecule has 3 aromatic rings. The van der Waals surface area contributed by atoms with Gasteiger partial charge in [0.15, 0.2) is 0 Å². The zero-order chi connectivity index (χ0) is 18.4. The lowest BCUT2D eigenvalue weighted by atomic mass is 10.1. The number of nitrogens with one attached hydrogen (secondary N) is 1. The molecule has 3 rings (SSSR count). The first kappa shape index (κ1) is 17.3. The van der Waals surface area contributed by atoms with E-state index in [9.17, 15) is 4.79 Å². The summed E-state index contributed by atoms with van der Waals surface area (Å²) in [6.45, 7) is 2.00. The number of rotatable bonds is 5. The van der Waals surface area contributed by atoms with Gasteiger partial charge in [-0.3, -0.25) is 9.78 Å². The highest BCUT2D eigenvalue weighted by Gasteiger charge is 2.09. The second kappa shape index (κ2) is 8.02. The molecule has 1 amide bonds. The van der Waals surface area contributed by atoms with Gasteiger partial charge in [-0.15, -0.1) is 0 Å². The number of ether oxygens (including phenoxy) is 1. The molecule has 0 aliphatic heterocycles. The minimum Gasteiger partial charge on any atom is -0.497 e. The highest BCUT2D eigenvalue weighted by Crippen LogP contribution is 2.20. The van der Waals surface area contributed by atoms with E-state index in [1.807, 2.05) is 55.5 Å². The Morgan fingerprint density at radius 3 is 2.69 bits per heavy atom. The van der Waals surface area contributed by atoms with Crippen molar-refractivity contribution in [2.45, 2.75) is 6.92 Å². The highest BCUT2D eigenvalue weighted by molar-refractivity contribution is 5.93. The van der Waals surface area contributed by atoms with Crippen molar-refractivity contribution in [2.24, 2.45) is 5.10 Å². The van der Waals surface area contributed by atoms with Gasteiger partial charge in [0.05, 0.1) is 31.4 Å². The fourth-order valence-corrected chi connectivity index (χ4v) is 2.35. The summed E-state index contributed by atoms with van der Waals surface area (Å²) >= 11 is 0. The fourth-order valence-electron chi connectivity index (χ4n) is 2.35. The van der Waals surface area contributed by atoms with E-state index in [1.54, 1.807) is 19.5 Å². The van der Waals surface area contributed by atoms with Crippen LogP contribution in [-0.4, -0.2) is 29.2 Å². The number of carbonyl (C=O) groups excluding carboxylic acids is 1. The molecule has 1 heterocycles. The third-order valence-electron chi connectivity index (χ3n) is 3.67. The maximum atomic E-state index is 12.2. The maximum absolute atomic E-state index is 12.2. The Balaban J connectivity index is 1.71. The number of hydrogen-bond acceptors (Lipinski definition) is 5. The SMILES string of the molecule is COc1ccc(-c2cncc(C(=O)NN=Cc3cccc(C)c3)n2)cc1. The van der Waals surface area contributed by atoms with Crippen LogP contribution < -0.4 is 10.2 Å². The lowest BCUT2D eigenvalue weighted by Gasteiger charge is -2.04. The van der Waals surface area contributed by atoms with Crippen molar-refractivity contribution in [2.75, 3.05) is 7.11 Å². The Labute approximate surface area is 151 Å². The van der Waals surface area contributed by atoms with E-state index in [-0.39, 0.29) is 5.69 Å². The molecular weight excluding hydrogens is 328 g/mol. The molecule has 0 saturated heterocycles. The van der Waals surface area contributed by atoms with Crippen molar-refractivity contribution in [3.8, 4) is 17.0 Å². The van der Waals surface area contributed by atoms with Crippen LogP contribution >= 0.6 is 0 Å². The Hall–Kier alpha value is -3.54. The standard InChI is InChI=1S/C20H18N4O2/c1-14-4-3-5-15(10-14)11-22-24-20(25)19-13-21-12-18(23-19)16-6-8-17(26-2)9-7-16/h3-13H,1-2H3,(H,24,25). The molecule has 6 nitrogen and oxygen atoms in total. The summed E-state index contributed by atoms with van der Waals surface area (Å²) in [6, 6.07) is 15.2. The highest BCUT2D eigenvalue weighted by atomic mass is 16.5. The van der Waals surface area contributed by atoms with Gasteiger partial charge in [-0.2, -0.15) is 5.10 Å².